The Balaban J connectivity index is 0.000000346. The fourth-order valence-corrected chi connectivity index (χ4v) is 2.18. The zero-order chi connectivity index (χ0) is 19.7. The Labute approximate surface area is 141 Å². The summed E-state index contributed by atoms with van der Waals surface area (Å²) in [5, 5.41) is 34.7. The van der Waals surface area contributed by atoms with E-state index in [4.69, 9.17) is 40.0 Å². The third-order valence-electron chi connectivity index (χ3n) is 1.98. The van der Waals surface area contributed by atoms with Crippen molar-refractivity contribution < 1.29 is 53.4 Å². The van der Waals surface area contributed by atoms with E-state index in [-0.39, 0.29) is 23.0 Å². The largest absolute Gasteiger partial charge is 0.504 e. The molecule has 11 nitrogen and oxygen atoms in total. The molecule has 25 heavy (non-hydrogen) atoms. The van der Waals surface area contributed by atoms with Crippen molar-refractivity contribution >= 4 is 15.6 Å². The van der Waals surface area contributed by atoms with Gasteiger partial charge in [-0.2, -0.15) is 4.31 Å². The van der Waals surface area contributed by atoms with E-state index in [0.717, 1.165) is 0 Å². The summed E-state index contributed by atoms with van der Waals surface area (Å²) in [6, 6.07) is 12.3. The Morgan fingerprint density at radius 1 is 0.560 bits per heavy atom. The number of rotatable bonds is 2. The highest BCUT2D eigenvalue weighted by Gasteiger charge is 2.27. The Morgan fingerprint density at radius 2 is 0.760 bits per heavy atom. The molecule has 0 atom stereocenters. The van der Waals surface area contributed by atoms with Crippen LogP contribution >= 0.6 is 15.6 Å². The van der Waals surface area contributed by atoms with Crippen LogP contribution in [0.5, 0.6) is 23.0 Å². The fourth-order valence-electron chi connectivity index (χ4n) is 1.07. The van der Waals surface area contributed by atoms with E-state index in [9.17, 15) is 9.13 Å². The third-order valence-corrected chi connectivity index (χ3v) is 3.68. The molecular formula is C12H16O11P2. The van der Waals surface area contributed by atoms with Crippen LogP contribution in [0.1, 0.15) is 0 Å². The second-order valence-electron chi connectivity index (χ2n) is 4.04. The molecule has 0 aliphatic carbocycles. The lowest BCUT2D eigenvalue weighted by Gasteiger charge is -2.03. The van der Waals surface area contributed by atoms with Gasteiger partial charge in [-0.25, -0.2) is 9.13 Å². The van der Waals surface area contributed by atoms with Gasteiger partial charge in [-0.3, -0.25) is 0 Å². The average molecular weight is 398 g/mol. The van der Waals surface area contributed by atoms with E-state index in [1.165, 1.54) is 24.3 Å². The number of hydrogen-bond donors (Lipinski definition) is 8. The van der Waals surface area contributed by atoms with Gasteiger partial charge in [0, 0.05) is 0 Å². The molecule has 2 rings (SSSR count). The zero-order valence-electron chi connectivity index (χ0n) is 12.3. The molecular weight excluding hydrogens is 382 g/mol. The quantitative estimate of drug-likeness (QED) is 0.268. The van der Waals surface area contributed by atoms with E-state index >= 15 is 0 Å². The maximum absolute atomic E-state index is 9.63. The molecule has 0 aromatic heterocycles. The van der Waals surface area contributed by atoms with Gasteiger partial charge in [0.15, 0.2) is 23.0 Å². The van der Waals surface area contributed by atoms with E-state index in [1.807, 2.05) is 0 Å². The first kappa shape index (κ1) is 22.9. The molecule has 0 unspecified atom stereocenters. The van der Waals surface area contributed by atoms with Crippen LogP contribution in [0, 0.1) is 0 Å². The Hall–Kier alpha value is -2.10. The number of benzene rings is 2. The molecule has 2 aromatic rings. The van der Waals surface area contributed by atoms with Crippen LogP contribution in [0.2, 0.25) is 0 Å². The molecule has 2 aromatic carbocycles. The molecule has 13 heteroatoms. The summed E-state index contributed by atoms with van der Waals surface area (Å²) < 4.78 is 22.2. The summed E-state index contributed by atoms with van der Waals surface area (Å²) in [5.74, 6) is -0.306. The minimum atomic E-state index is -5.05. The first-order valence-corrected chi connectivity index (χ1v) is 9.14. The summed E-state index contributed by atoms with van der Waals surface area (Å²) in [6.07, 6.45) is 0. The van der Waals surface area contributed by atoms with Crippen molar-refractivity contribution in [2.24, 2.45) is 0 Å². The lowest BCUT2D eigenvalue weighted by molar-refractivity contribution is 0.225. The van der Waals surface area contributed by atoms with Crippen LogP contribution in [0.4, 0.5) is 0 Å². The van der Waals surface area contributed by atoms with Crippen molar-refractivity contribution in [1.29, 1.82) is 0 Å². The lowest BCUT2D eigenvalue weighted by Crippen LogP contribution is -1.84. The minimum Gasteiger partial charge on any atom is -0.504 e. The molecule has 0 saturated heterocycles. The van der Waals surface area contributed by atoms with Gasteiger partial charge >= 0.3 is 15.6 Å². The molecule has 0 bridgehead atoms. The number of phenols is 4. The first-order valence-electron chi connectivity index (χ1n) is 6.08. The molecule has 0 spiro atoms. The Morgan fingerprint density at radius 3 is 0.840 bits per heavy atom. The molecule has 0 saturated carbocycles. The van der Waals surface area contributed by atoms with Crippen LogP contribution < -0.4 is 0 Å². The lowest BCUT2D eigenvalue weighted by atomic mass is 10.3. The third kappa shape index (κ3) is 12.9. The smallest absolute Gasteiger partial charge is 0.478 e. The van der Waals surface area contributed by atoms with Gasteiger partial charge in [0.25, 0.3) is 0 Å². The Bertz CT molecular complexity index is 647. The van der Waals surface area contributed by atoms with Gasteiger partial charge in [-0.05, 0) is 24.3 Å². The predicted octanol–water partition coefficient (Wildman–Crippen LogP) is 1.38. The molecule has 0 aliphatic rings. The summed E-state index contributed by atoms with van der Waals surface area (Å²) in [4.78, 5) is 31.0. The monoisotopic (exact) mass is 398 g/mol. The average Bonchev–Trinajstić information content (AvgIpc) is 2.43. The summed E-state index contributed by atoms with van der Waals surface area (Å²) in [5.41, 5.74) is 0. The number of para-hydroxylation sites is 4. The van der Waals surface area contributed by atoms with Crippen LogP contribution in [-0.4, -0.2) is 40.0 Å². The van der Waals surface area contributed by atoms with Gasteiger partial charge in [-0.15, -0.1) is 0 Å². The molecule has 0 amide bonds. The second kappa shape index (κ2) is 10.0. The normalized spacial score (nSPS) is 10.7. The van der Waals surface area contributed by atoms with Crippen LogP contribution in [0.15, 0.2) is 48.5 Å². The molecule has 0 radical (unpaired) electrons. The topological polar surface area (TPSA) is 205 Å². The summed E-state index contributed by atoms with van der Waals surface area (Å²) in [6.45, 7) is 0. The standard InChI is InChI=1S/2C6H6O2.H4O7P2/c2*7-5-3-1-2-4-6(5)8;1-8(2,3)7-9(4,5)6/h2*1-4,7-8H;(H2,1,2,3)(H2,4,5,6). The van der Waals surface area contributed by atoms with Gasteiger partial charge < -0.3 is 40.0 Å². The summed E-state index contributed by atoms with van der Waals surface area (Å²) >= 11 is 0. The van der Waals surface area contributed by atoms with E-state index < -0.39 is 15.6 Å². The van der Waals surface area contributed by atoms with Gasteiger partial charge in [0.05, 0.1) is 0 Å². The molecule has 0 fully saturated rings. The van der Waals surface area contributed by atoms with Crippen LogP contribution in [0.25, 0.3) is 0 Å². The highest BCUT2D eigenvalue weighted by Crippen LogP contribution is 2.53. The van der Waals surface area contributed by atoms with Crippen molar-refractivity contribution in [1.82, 2.24) is 0 Å². The van der Waals surface area contributed by atoms with Crippen LogP contribution in [0.3, 0.4) is 0 Å². The fraction of sp³-hybridized carbons (Fsp3) is 0. The number of aromatic hydroxyl groups is 4. The number of phenolic OH excluding ortho intramolecular Hbond substituents is 4. The van der Waals surface area contributed by atoms with Crippen molar-refractivity contribution in [3.05, 3.63) is 48.5 Å². The maximum Gasteiger partial charge on any atom is 0.478 e. The first-order chi connectivity index (χ1) is 11.3. The molecule has 0 heterocycles. The van der Waals surface area contributed by atoms with E-state index in [0.29, 0.717) is 0 Å². The maximum atomic E-state index is 9.63. The highest BCUT2D eigenvalue weighted by atomic mass is 31.3. The zero-order valence-corrected chi connectivity index (χ0v) is 14.1. The second-order valence-corrected chi connectivity index (χ2v) is 6.66. The SMILES string of the molecule is O=P(O)(O)OP(=O)(O)O.Oc1ccccc1O.Oc1ccccc1O. The van der Waals surface area contributed by atoms with Gasteiger partial charge in [0.2, 0.25) is 0 Å². The van der Waals surface area contributed by atoms with Gasteiger partial charge in [0.1, 0.15) is 0 Å². The Kier molecular flexibility index (Phi) is 9.18. The molecule has 140 valence electrons. The van der Waals surface area contributed by atoms with Crippen molar-refractivity contribution in [2.75, 3.05) is 0 Å². The van der Waals surface area contributed by atoms with E-state index in [1.54, 1.807) is 24.3 Å². The predicted molar refractivity (Wildman–Crippen MR) is 84.7 cm³/mol. The number of phosphoric acid groups is 2. The number of hydrogen-bond acceptors (Lipinski definition) is 7. The summed E-state index contributed by atoms with van der Waals surface area (Å²) in [7, 11) is -10.1. The van der Waals surface area contributed by atoms with Crippen molar-refractivity contribution in [3.8, 4) is 23.0 Å². The van der Waals surface area contributed by atoms with E-state index in [2.05, 4.69) is 4.31 Å². The molecule has 8 N–H and O–H groups in total. The van der Waals surface area contributed by atoms with Crippen molar-refractivity contribution in [2.45, 2.75) is 0 Å². The van der Waals surface area contributed by atoms with Crippen LogP contribution in [-0.2, 0) is 13.4 Å². The molecule has 0 aliphatic heterocycles. The van der Waals surface area contributed by atoms with Crippen molar-refractivity contribution in [3.63, 3.8) is 0 Å². The highest BCUT2D eigenvalue weighted by molar-refractivity contribution is 7.60. The van der Waals surface area contributed by atoms with Gasteiger partial charge in [-0.1, -0.05) is 24.3 Å². The minimum absolute atomic E-state index is 0.0764.